The zero-order chi connectivity index (χ0) is 22.1. The number of H-pyrrole nitrogens is 1. The number of benzene rings is 1. The summed E-state index contributed by atoms with van der Waals surface area (Å²) in [5.74, 6) is 0.797. The van der Waals surface area contributed by atoms with Crippen molar-refractivity contribution in [2.45, 2.75) is 19.9 Å². The van der Waals surface area contributed by atoms with Crippen LogP contribution in [0.5, 0.6) is 5.75 Å². The number of aromatic amines is 1. The summed E-state index contributed by atoms with van der Waals surface area (Å²) in [7, 11) is 8.18. The number of aromatic nitrogens is 1. The number of ether oxygens (including phenoxy) is 1. The van der Waals surface area contributed by atoms with E-state index in [1.165, 1.54) is 0 Å². The molecule has 30 heavy (non-hydrogen) atoms. The minimum absolute atomic E-state index is 0.0862. The first kappa shape index (κ1) is 24.1. The van der Waals surface area contributed by atoms with Gasteiger partial charge in [-0.25, -0.2) is 0 Å². The van der Waals surface area contributed by atoms with Crippen LogP contribution in [0.1, 0.15) is 18.9 Å². The molecule has 7 nitrogen and oxygen atoms in total. The Balaban J connectivity index is 2.18. The molecule has 2 N–H and O–H groups in total. The lowest BCUT2D eigenvalue weighted by Crippen LogP contribution is -2.43. The molecular formula is C22H35N5O2S. The first-order chi connectivity index (χ1) is 14.3. The van der Waals surface area contributed by atoms with Crippen molar-refractivity contribution in [3.63, 3.8) is 0 Å². The number of likely N-dealkylation sites (N-methyl/N-ethyl adjacent to an activating group) is 1. The Bertz CT molecular complexity index is 881. The Kier molecular flexibility index (Phi) is 9.55. The summed E-state index contributed by atoms with van der Waals surface area (Å²) in [5.41, 5.74) is 1.40. The summed E-state index contributed by atoms with van der Waals surface area (Å²) < 4.78 is 5.60. The van der Waals surface area contributed by atoms with Gasteiger partial charge in [0.25, 0.3) is 5.56 Å². The van der Waals surface area contributed by atoms with Crippen molar-refractivity contribution in [1.82, 2.24) is 25.0 Å². The van der Waals surface area contributed by atoms with Crippen LogP contribution in [0.3, 0.4) is 0 Å². The largest absolute Gasteiger partial charge is 0.494 e. The van der Waals surface area contributed by atoms with Crippen molar-refractivity contribution in [1.29, 1.82) is 0 Å². The van der Waals surface area contributed by atoms with Crippen molar-refractivity contribution in [2.24, 2.45) is 0 Å². The summed E-state index contributed by atoms with van der Waals surface area (Å²) >= 11 is 5.65. The summed E-state index contributed by atoms with van der Waals surface area (Å²) in [4.78, 5) is 22.0. The van der Waals surface area contributed by atoms with Gasteiger partial charge in [0.15, 0.2) is 5.11 Å². The van der Waals surface area contributed by atoms with Crippen molar-refractivity contribution in [3.05, 3.63) is 40.2 Å². The number of rotatable bonds is 11. The van der Waals surface area contributed by atoms with Crippen molar-refractivity contribution in [3.8, 4) is 5.75 Å². The van der Waals surface area contributed by atoms with Gasteiger partial charge in [-0.15, -0.1) is 0 Å². The molecule has 0 saturated heterocycles. The minimum atomic E-state index is -0.0862. The Morgan fingerprint density at radius 2 is 1.83 bits per heavy atom. The second-order valence-electron chi connectivity index (χ2n) is 7.92. The quantitative estimate of drug-likeness (QED) is 0.416. The lowest BCUT2D eigenvalue weighted by molar-refractivity contribution is 0.321. The molecule has 0 aliphatic heterocycles. The molecule has 0 aliphatic carbocycles. The van der Waals surface area contributed by atoms with E-state index in [2.05, 4.69) is 39.1 Å². The molecule has 0 bridgehead atoms. The van der Waals surface area contributed by atoms with Gasteiger partial charge in [0, 0.05) is 36.1 Å². The van der Waals surface area contributed by atoms with Crippen LogP contribution in [0, 0.1) is 0 Å². The van der Waals surface area contributed by atoms with Gasteiger partial charge in [0.05, 0.1) is 13.2 Å². The highest BCUT2D eigenvalue weighted by atomic mass is 32.1. The summed E-state index contributed by atoms with van der Waals surface area (Å²) in [6, 6.07) is 7.65. The molecule has 8 heteroatoms. The second kappa shape index (κ2) is 11.9. The predicted octanol–water partition coefficient (Wildman–Crippen LogP) is 2.12. The fourth-order valence-electron chi connectivity index (χ4n) is 3.08. The molecule has 2 aromatic rings. The number of nitrogens with zero attached hydrogens (tertiary/aromatic N) is 3. The minimum Gasteiger partial charge on any atom is -0.494 e. The standard InChI is InChI=1S/C22H35N5O2S/c1-6-29-19-8-9-20-17(15-19)14-18(21(28)24-20)16-27(13-12-26(4)5)22(30)23-10-7-11-25(2)3/h8-9,14-15H,6-7,10-13,16H2,1-5H3,(H,23,30)(H,24,28). The van der Waals surface area contributed by atoms with Gasteiger partial charge in [0.2, 0.25) is 0 Å². The van der Waals surface area contributed by atoms with Gasteiger partial charge in [-0.3, -0.25) is 4.79 Å². The van der Waals surface area contributed by atoms with Gasteiger partial charge in [0.1, 0.15) is 5.75 Å². The molecule has 1 aromatic heterocycles. The van der Waals surface area contributed by atoms with Crippen LogP contribution in [-0.2, 0) is 6.54 Å². The maximum absolute atomic E-state index is 12.7. The van der Waals surface area contributed by atoms with E-state index >= 15 is 0 Å². The van der Waals surface area contributed by atoms with Crippen molar-refractivity contribution >= 4 is 28.2 Å². The highest BCUT2D eigenvalue weighted by Gasteiger charge is 2.14. The molecule has 166 valence electrons. The Morgan fingerprint density at radius 1 is 1.10 bits per heavy atom. The highest BCUT2D eigenvalue weighted by Crippen LogP contribution is 2.19. The van der Waals surface area contributed by atoms with E-state index in [-0.39, 0.29) is 5.56 Å². The average Bonchev–Trinajstić information content (AvgIpc) is 2.68. The number of fused-ring (bicyclic) bond motifs is 1. The van der Waals surface area contributed by atoms with Crippen LogP contribution < -0.4 is 15.6 Å². The number of hydrogen-bond donors (Lipinski definition) is 2. The molecule has 1 heterocycles. The number of thiocarbonyl (C=S) groups is 1. The topological polar surface area (TPSA) is 63.8 Å². The maximum atomic E-state index is 12.7. The summed E-state index contributed by atoms with van der Waals surface area (Å²) in [5, 5.41) is 4.98. The lowest BCUT2D eigenvalue weighted by Gasteiger charge is -2.27. The number of pyridine rings is 1. The molecule has 0 atom stereocenters. The lowest BCUT2D eigenvalue weighted by atomic mass is 10.1. The van der Waals surface area contributed by atoms with Crippen LogP contribution in [0.15, 0.2) is 29.1 Å². The third kappa shape index (κ3) is 7.59. The van der Waals surface area contributed by atoms with Gasteiger partial charge in [-0.05, 0) is 84.6 Å². The van der Waals surface area contributed by atoms with Crippen LogP contribution in [-0.4, -0.2) is 85.8 Å². The van der Waals surface area contributed by atoms with E-state index in [0.29, 0.717) is 23.8 Å². The van der Waals surface area contributed by atoms with Crippen molar-refractivity contribution in [2.75, 3.05) is 61.0 Å². The van der Waals surface area contributed by atoms with Crippen LogP contribution in [0.2, 0.25) is 0 Å². The van der Waals surface area contributed by atoms with E-state index < -0.39 is 0 Å². The van der Waals surface area contributed by atoms with E-state index in [9.17, 15) is 4.79 Å². The summed E-state index contributed by atoms with van der Waals surface area (Å²) in [6.45, 7) is 6.41. The van der Waals surface area contributed by atoms with Gasteiger partial charge < -0.3 is 29.7 Å². The molecule has 0 spiro atoms. The molecular weight excluding hydrogens is 398 g/mol. The first-order valence-corrected chi connectivity index (χ1v) is 10.8. The highest BCUT2D eigenvalue weighted by molar-refractivity contribution is 7.80. The predicted molar refractivity (Wildman–Crippen MR) is 128 cm³/mol. The number of nitrogens with one attached hydrogen (secondary N) is 2. The first-order valence-electron chi connectivity index (χ1n) is 10.4. The molecule has 0 amide bonds. The fraction of sp³-hybridized carbons (Fsp3) is 0.545. The zero-order valence-electron chi connectivity index (χ0n) is 18.8. The molecule has 0 saturated carbocycles. The second-order valence-corrected chi connectivity index (χ2v) is 8.31. The molecule has 0 aliphatic rings. The SMILES string of the molecule is CCOc1ccc2[nH]c(=O)c(CN(CCN(C)C)C(=S)NCCCN(C)C)cc2c1. The normalized spacial score (nSPS) is 11.3. The molecule has 0 radical (unpaired) electrons. The van der Waals surface area contributed by atoms with Gasteiger partial charge in [-0.2, -0.15) is 0 Å². The maximum Gasteiger partial charge on any atom is 0.253 e. The molecule has 0 unspecified atom stereocenters. The smallest absolute Gasteiger partial charge is 0.253 e. The van der Waals surface area contributed by atoms with E-state index in [1.54, 1.807) is 0 Å². The average molecular weight is 434 g/mol. The van der Waals surface area contributed by atoms with Crippen LogP contribution in [0.4, 0.5) is 0 Å². The van der Waals surface area contributed by atoms with Crippen LogP contribution in [0.25, 0.3) is 10.9 Å². The van der Waals surface area contributed by atoms with E-state index in [0.717, 1.165) is 49.3 Å². The molecule has 2 rings (SSSR count). The third-order valence-corrected chi connectivity index (χ3v) is 5.13. The fourth-order valence-corrected chi connectivity index (χ4v) is 3.34. The Hall–Kier alpha value is -2.16. The Morgan fingerprint density at radius 3 is 2.50 bits per heavy atom. The monoisotopic (exact) mass is 433 g/mol. The van der Waals surface area contributed by atoms with Crippen LogP contribution >= 0.6 is 12.2 Å². The zero-order valence-corrected chi connectivity index (χ0v) is 19.6. The van der Waals surface area contributed by atoms with E-state index in [1.807, 2.05) is 45.3 Å². The van der Waals surface area contributed by atoms with Gasteiger partial charge in [-0.1, -0.05) is 0 Å². The summed E-state index contributed by atoms with van der Waals surface area (Å²) in [6.07, 6.45) is 1.01. The number of hydrogen-bond acceptors (Lipinski definition) is 5. The third-order valence-electron chi connectivity index (χ3n) is 4.73. The van der Waals surface area contributed by atoms with Gasteiger partial charge >= 0.3 is 0 Å². The molecule has 1 aromatic carbocycles. The van der Waals surface area contributed by atoms with Crippen molar-refractivity contribution < 1.29 is 4.74 Å². The Labute approximate surface area is 185 Å². The molecule has 0 fully saturated rings. The van der Waals surface area contributed by atoms with E-state index in [4.69, 9.17) is 17.0 Å².